The van der Waals surface area contributed by atoms with Crippen LogP contribution < -0.4 is 0 Å². The first kappa shape index (κ1) is 10.8. The predicted octanol–water partition coefficient (Wildman–Crippen LogP) is 3.27. The molecule has 0 saturated carbocycles. The van der Waals surface area contributed by atoms with Gasteiger partial charge >= 0.3 is 0 Å². The van der Waals surface area contributed by atoms with Gasteiger partial charge in [0.2, 0.25) is 0 Å². The molecule has 0 bridgehead atoms. The molecule has 2 nitrogen and oxygen atoms in total. The number of carbonyl (C=O) groups excluding carboxylic acids is 1. The topological polar surface area (TPSA) is 30.0 Å². The van der Waals surface area contributed by atoms with E-state index in [1.807, 2.05) is 6.07 Å². The van der Waals surface area contributed by atoms with Crippen LogP contribution in [0.2, 0.25) is 0 Å². The van der Waals surface area contributed by atoms with Gasteiger partial charge < -0.3 is 0 Å². The summed E-state index contributed by atoms with van der Waals surface area (Å²) in [5, 5.41) is -0.810. The average Bonchev–Trinajstić information content (AvgIpc) is 2.30. The molecule has 1 aromatic carbocycles. The lowest BCUT2D eigenvalue weighted by Gasteiger charge is -2.02. The van der Waals surface area contributed by atoms with Crippen molar-refractivity contribution in [2.45, 2.75) is 0 Å². The number of halogens is 2. The molecule has 1 aromatic heterocycles. The maximum Gasteiger partial charge on any atom is 0.255 e. The van der Waals surface area contributed by atoms with Crippen LogP contribution in [0.25, 0.3) is 11.3 Å². The van der Waals surface area contributed by atoms with E-state index in [0.29, 0.717) is 11.3 Å². The molecular formula is C12H7ClFNO. The molecule has 80 valence electrons. The normalized spacial score (nSPS) is 10.1. The molecule has 4 heteroatoms. The largest absolute Gasteiger partial charge is 0.275 e. The monoisotopic (exact) mass is 235 g/mol. The summed E-state index contributed by atoms with van der Waals surface area (Å²) in [7, 11) is 0. The number of nitrogens with zero attached hydrogens (tertiary/aromatic N) is 1. The number of hydrogen-bond donors (Lipinski definition) is 0. The summed E-state index contributed by atoms with van der Waals surface area (Å²) >= 11 is 5.27. The summed E-state index contributed by atoms with van der Waals surface area (Å²) in [6.07, 6.45) is 1.63. The Hall–Kier alpha value is -1.74. The minimum absolute atomic E-state index is 0.134. The van der Waals surface area contributed by atoms with Crippen LogP contribution in [0, 0.1) is 5.82 Å². The molecule has 0 aliphatic heterocycles. The first-order valence-corrected chi connectivity index (χ1v) is 4.97. The molecule has 0 aliphatic rings. The fourth-order valence-electron chi connectivity index (χ4n) is 1.37. The van der Waals surface area contributed by atoms with Crippen LogP contribution in [0.4, 0.5) is 4.39 Å². The number of aromatic nitrogens is 1. The molecular weight excluding hydrogens is 229 g/mol. The molecule has 0 spiro atoms. The maximum atomic E-state index is 13.2. The Bertz CT molecular complexity index is 528. The Morgan fingerprint density at radius 1 is 1.25 bits per heavy atom. The summed E-state index contributed by atoms with van der Waals surface area (Å²) < 4.78 is 13.2. The van der Waals surface area contributed by atoms with Crippen molar-refractivity contribution in [2.24, 2.45) is 0 Å². The highest BCUT2D eigenvalue weighted by Crippen LogP contribution is 2.20. The molecule has 0 aliphatic carbocycles. The van der Waals surface area contributed by atoms with Gasteiger partial charge in [0.05, 0.1) is 11.3 Å². The van der Waals surface area contributed by atoms with E-state index in [1.165, 1.54) is 12.1 Å². The van der Waals surface area contributed by atoms with E-state index in [0.717, 1.165) is 0 Å². The molecule has 0 radical (unpaired) electrons. The second-order valence-electron chi connectivity index (χ2n) is 3.18. The third kappa shape index (κ3) is 2.09. The van der Waals surface area contributed by atoms with Gasteiger partial charge in [-0.05, 0) is 41.9 Å². The summed E-state index contributed by atoms with van der Waals surface area (Å²) in [4.78, 5) is 15.1. The third-order valence-corrected chi connectivity index (χ3v) is 2.34. The number of pyridine rings is 1. The van der Waals surface area contributed by atoms with Gasteiger partial charge in [0.15, 0.2) is 0 Å². The van der Waals surface area contributed by atoms with E-state index in [9.17, 15) is 9.18 Å². The Balaban J connectivity index is 2.52. The molecule has 0 fully saturated rings. The van der Waals surface area contributed by atoms with E-state index in [-0.39, 0.29) is 5.56 Å². The highest BCUT2D eigenvalue weighted by atomic mass is 35.5. The lowest BCUT2D eigenvalue weighted by atomic mass is 10.1. The zero-order valence-corrected chi connectivity index (χ0v) is 8.91. The van der Waals surface area contributed by atoms with Crippen LogP contribution >= 0.6 is 11.6 Å². The Labute approximate surface area is 96.7 Å². The summed E-state index contributed by atoms with van der Waals surface area (Å²) in [5.41, 5.74) is 1.19. The van der Waals surface area contributed by atoms with Crippen molar-refractivity contribution < 1.29 is 9.18 Å². The van der Waals surface area contributed by atoms with Crippen LogP contribution in [0.15, 0.2) is 42.6 Å². The molecule has 1 heterocycles. The fraction of sp³-hybridized carbons (Fsp3) is 0. The Morgan fingerprint density at radius 3 is 2.69 bits per heavy atom. The average molecular weight is 236 g/mol. The van der Waals surface area contributed by atoms with E-state index >= 15 is 0 Å². The Morgan fingerprint density at radius 2 is 2.06 bits per heavy atom. The van der Waals surface area contributed by atoms with Crippen LogP contribution in [-0.2, 0) is 0 Å². The van der Waals surface area contributed by atoms with Crippen molar-refractivity contribution in [1.82, 2.24) is 4.98 Å². The van der Waals surface area contributed by atoms with Crippen LogP contribution in [0.5, 0.6) is 0 Å². The van der Waals surface area contributed by atoms with Gasteiger partial charge in [-0.3, -0.25) is 9.78 Å². The zero-order valence-electron chi connectivity index (χ0n) is 8.15. The summed E-state index contributed by atoms with van der Waals surface area (Å²) in [6.45, 7) is 0. The van der Waals surface area contributed by atoms with Crippen molar-refractivity contribution >= 4 is 16.8 Å². The SMILES string of the molecule is O=C(Cl)c1cc(-c2ccccn2)ccc1F. The van der Waals surface area contributed by atoms with Gasteiger partial charge in [0.1, 0.15) is 5.82 Å². The number of benzene rings is 1. The molecule has 16 heavy (non-hydrogen) atoms. The van der Waals surface area contributed by atoms with Gasteiger partial charge in [0.25, 0.3) is 5.24 Å². The Kier molecular flexibility index (Phi) is 2.97. The lowest BCUT2D eigenvalue weighted by molar-refractivity contribution is 0.107. The van der Waals surface area contributed by atoms with Crippen molar-refractivity contribution in [3.8, 4) is 11.3 Å². The number of rotatable bonds is 2. The fourth-order valence-corrected chi connectivity index (χ4v) is 1.51. The maximum absolute atomic E-state index is 13.2. The van der Waals surface area contributed by atoms with Crippen LogP contribution in [0.3, 0.4) is 0 Å². The highest BCUT2D eigenvalue weighted by molar-refractivity contribution is 6.67. The van der Waals surface area contributed by atoms with Gasteiger partial charge in [-0.2, -0.15) is 0 Å². The van der Waals surface area contributed by atoms with E-state index < -0.39 is 11.1 Å². The molecule has 0 amide bonds. The van der Waals surface area contributed by atoms with Crippen LogP contribution in [-0.4, -0.2) is 10.2 Å². The molecule has 0 atom stereocenters. The minimum atomic E-state index is -0.810. The predicted molar refractivity (Wildman–Crippen MR) is 59.8 cm³/mol. The quantitative estimate of drug-likeness (QED) is 0.748. The second kappa shape index (κ2) is 4.41. The van der Waals surface area contributed by atoms with Crippen LogP contribution in [0.1, 0.15) is 10.4 Å². The van der Waals surface area contributed by atoms with Gasteiger partial charge in [0, 0.05) is 11.8 Å². The van der Waals surface area contributed by atoms with Gasteiger partial charge in [-0.1, -0.05) is 6.07 Å². The van der Waals surface area contributed by atoms with Gasteiger partial charge in [-0.25, -0.2) is 4.39 Å². The molecule has 0 N–H and O–H groups in total. The molecule has 0 unspecified atom stereocenters. The first-order chi connectivity index (χ1) is 7.68. The smallest absolute Gasteiger partial charge is 0.255 e. The molecule has 2 aromatic rings. The van der Waals surface area contributed by atoms with E-state index in [4.69, 9.17) is 11.6 Å². The van der Waals surface area contributed by atoms with Crippen molar-refractivity contribution in [3.63, 3.8) is 0 Å². The highest BCUT2D eigenvalue weighted by Gasteiger charge is 2.10. The first-order valence-electron chi connectivity index (χ1n) is 4.59. The lowest BCUT2D eigenvalue weighted by Crippen LogP contribution is -1.95. The minimum Gasteiger partial charge on any atom is -0.275 e. The van der Waals surface area contributed by atoms with Crippen molar-refractivity contribution in [3.05, 3.63) is 54.0 Å². The molecule has 0 saturated heterocycles. The molecule has 2 rings (SSSR count). The van der Waals surface area contributed by atoms with E-state index in [1.54, 1.807) is 24.4 Å². The van der Waals surface area contributed by atoms with Crippen molar-refractivity contribution in [1.29, 1.82) is 0 Å². The summed E-state index contributed by atoms with van der Waals surface area (Å²) in [6, 6.07) is 9.53. The standard InChI is InChI=1S/C12H7ClFNO/c13-12(16)9-7-8(4-5-10(9)14)11-3-1-2-6-15-11/h1-7H. The van der Waals surface area contributed by atoms with E-state index in [2.05, 4.69) is 4.98 Å². The third-order valence-electron chi connectivity index (χ3n) is 2.14. The second-order valence-corrected chi connectivity index (χ2v) is 3.53. The van der Waals surface area contributed by atoms with Crippen molar-refractivity contribution in [2.75, 3.05) is 0 Å². The zero-order chi connectivity index (χ0) is 11.5. The summed E-state index contributed by atoms with van der Waals surface area (Å²) in [5.74, 6) is -0.625. The number of carbonyl (C=O) groups is 1. The number of hydrogen-bond acceptors (Lipinski definition) is 2. The van der Waals surface area contributed by atoms with Gasteiger partial charge in [-0.15, -0.1) is 0 Å².